The van der Waals surface area contributed by atoms with Crippen molar-refractivity contribution in [2.75, 3.05) is 11.4 Å². The molecule has 0 radical (unpaired) electrons. The Morgan fingerprint density at radius 3 is 2.39 bits per heavy atom. The fourth-order valence-corrected chi connectivity index (χ4v) is 3.21. The predicted molar refractivity (Wildman–Crippen MR) is 103 cm³/mol. The molecule has 0 bridgehead atoms. The predicted octanol–water partition coefficient (Wildman–Crippen LogP) is 1.39. The fourth-order valence-electron chi connectivity index (χ4n) is 3.21. The van der Waals surface area contributed by atoms with E-state index in [4.69, 9.17) is 0 Å². The van der Waals surface area contributed by atoms with E-state index in [0.29, 0.717) is 24.5 Å². The monoisotopic (exact) mass is 377 g/mol. The average molecular weight is 377 g/mol. The summed E-state index contributed by atoms with van der Waals surface area (Å²) >= 11 is 0. The number of nitrogens with one attached hydrogen (secondary N) is 1. The first-order valence-corrected chi connectivity index (χ1v) is 9.00. The number of anilines is 1. The van der Waals surface area contributed by atoms with Crippen LogP contribution < -0.4 is 15.9 Å². The number of hydrogen-bond donors (Lipinski definition) is 1. The van der Waals surface area contributed by atoms with Crippen molar-refractivity contribution in [2.45, 2.75) is 19.5 Å². The van der Waals surface area contributed by atoms with Crippen molar-refractivity contribution in [1.29, 1.82) is 0 Å². The molecule has 3 aromatic rings. The molecular formula is C20H19N5O3. The van der Waals surface area contributed by atoms with Crippen molar-refractivity contribution in [3.05, 3.63) is 82.5 Å². The third-order valence-corrected chi connectivity index (χ3v) is 4.58. The third kappa shape index (κ3) is 3.44. The SMILES string of the molecule is O=C(Cn1c(=O)nc2n1C(=O)N(c1ccccc1)C2)NCCc1ccccc1. The number of fused-ring (bicyclic) bond motifs is 1. The summed E-state index contributed by atoms with van der Waals surface area (Å²) in [6, 6.07) is 18.5. The summed E-state index contributed by atoms with van der Waals surface area (Å²) in [7, 11) is 0. The van der Waals surface area contributed by atoms with E-state index in [9.17, 15) is 14.4 Å². The topological polar surface area (TPSA) is 89.2 Å². The zero-order valence-corrected chi connectivity index (χ0v) is 15.1. The molecule has 0 aliphatic carbocycles. The van der Waals surface area contributed by atoms with E-state index >= 15 is 0 Å². The molecule has 0 saturated carbocycles. The molecule has 0 unspecified atom stereocenters. The normalized spacial score (nSPS) is 12.9. The van der Waals surface area contributed by atoms with Gasteiger partial charge >= 0.3 is 11.7 Å². The van der Waals surface area contributed by atoms with Crippen LogP contribution in [-0.2, 0) is 24.3 Å². The number of rotatable bonds is 6. The van der Waals surface area contributed by atoms with E-state index in [0.717, 1.165) is 10.2 Å². The van der Waals surface area contributed by atoms with Crippen LogP contribution in [0, 0.1) is 0 Å². The minimum absolute atomic E-state index is 0.195. The van der Waals surface area contributed by atoms with Crippen LogP contribution in [0.3, 0.4) is 0 Å². The van der Waals surface area contributed by atoms with Crippen LogP contribution in [0.4, 0.5) is 10.5 Å². The Hall–Kier alpha value is -3.68. The number of nitrogens with zero attached hydrogens (tertiary/aromatic N) is 4. The molecular weight excluding hydrogens is 358 g/mol. The molecule has 0 spiro atoms. The Morgan fingerprint density at radius 1 is 1.00 bits per heavy atom. The quantitative estimate of drug-likeness (QED) is 0.703. The van der Waals surface area contributed by atoms with Crippen molar-refractivity contribution in [1.82, 2.24) is 19.7 Å². The van der Waals surface area contributed by atoms with Crippen molar-refractivity contribution in [3.8, 4) is 0 Å². The van der Waals surface area contributed by atoms with Crippen LogP contribution in [0.25, 0.3) is 0 Å². The van der Waals surface area contributed by atoms with Gasteiger partial charge in [-0.3, -0.25) is 9.69 Å². The summed E-state index contributed by atoms with van der Waals surface area (Å²) in [5.74, 6) is -0.0115. The molecule has 1 aromatic heterocycles. The summed E-state index contributed by atoms with van der Waals surface area (Å²) in [5, 5.41) is 2.78. The smallest absolute Gasteiger partial charge is 0.354 e. The number of carbonyl (C=O) groups is 2. The maximum absolute atomic E-state index is 12.8. The van der Waals surface area contributed by atoms with Crippen LogP contribution in [-0.4, -0.2) is 32.8 Å². The molecule has 0 fully saturated rings. The Bertz CT molecular complexity index is 1060. The minimum atomic E-state index is -0.603. The molecule has 2 aromatic carbocycles. The highest BCUT2D eigenvalue weighted by Gasteiger charge is 2.33. The minimum Gasteiger partial charge on any atom is -0.354 e. The van der Waals surface area contributed by atoms with E-state index < -0.39 is 11.7 Å². The Labute approximate surface area is 161 Å². The molecule has 142 valence electrons. The summed E-state index contributed by atoms with van der Waals surface area (Å²) in [6.07, 6.45) is 0.687. The van der Waals surface area contributed by atoms with Gasteiger partial charge in [-0.15, -0.1) is 0 Å². The lowest BCUT2D eigenvalue weighted by atomic mass is 10.1. The molecule has 1 N–H and O–H groups in total. The summed E-state index contributed by atoms with van der Waals surface area (Å²) in [4.78, 5) is 42.6. The molecule has 0 saturated heterocycles. The molecule has 28 heavy (non-hydrogen) atoms. The van der Waals surface area contributed by atoms with Crippen LogP contribution in [0.1, 0.15) is 11.4 Å². The maximum atomic E-state index is 12.8. The standard InChI is InChI=1S/C20H19N5O3/c26-18(21-12-11-15-7-3-1-4-8-15)14-24-19(27)22-17-13-23(20(28)25(17)24)16-9-5-2-6-10-16/h1-10H,11-14H2,(H,21,26). The Kier molecular flexibility index (Phi) is 4.76. The Morgan fingerprint density at radius 2 is 1.68 bits per heavy atom. The lowest BCUT2D eigenvalue weighted by molar-refractivity contribution is -0.121. The van der Waals surface area contributed by atoms with Crippen LogP contribution >= 0.6 is 0 Å². The van der Waals surface area contributed by atoms with Gasteiger partial charge in [-0.05, 0) is 24.1 Å². The highest BCUT2D eigenvalue weighted by atomic mass is 16.2. The lowest BCUT2D eigenvalue weighted by Gasteiger charge is -2.15. The molecule has 4 rings (SSSR count). The zero-order chi connectivity index (χ0) is 19.5. The molecule has 2 amide bonds. The highest BCUT2D eigenvalue weighted by Crippen LogP contribution is 2.22. The first-order valence-electron chi connectivity index (χ1n) is 9.00. The van der Waals surface area contributed by atoms with Crippen molar-refractivity contribution in [2.24, 2.45) is 0 Å². The van der Waals surface area contributed by atoms with Crippen molar-refractivity contribution in [3.63, 3.8) is 0 Å². The number of para-hydroxylation sites is 1. The van der Waals surface area contributed by atoms with Crippen molar-refractivity contribution < 1.29 is 9.59 Å². The molecule has 1 aliphatic heterocycles. The van der Waals surface area contributed by atoms with Crippen LogP contribution in [0.5, 0.6) is 0 Å². The van der Waals surface area contributed by atoms with E-state index in [1.54, 1.807) is 0 Å². The third-order valence-electron chi connectivity index (χ3n) is 4.58. The van der Waals surface area contributed by atoms with E-state index in [-0.39, 0.29) is 19.0 Å². The molecule has 8 nitrogen and oxygen atoms in total. The van der Waals surface area contributed by atoms with Gasteiger partial charge in [0, 0.05) is 12.2 Å². The van der Waals surface area contributed by atoms with Gasteiger partial charge in [0.05, 0.1) is 6.54 Å². The molecule has 0 atom stereocenters. The number of amides is 2. The number of benzene rings is 2. The van der Waals surface area contributed by atoms with Gasteiger partial charge in [0.25, 0.3) is 0 Å². The largest absolute Gasteiger partial charge is 0.365 e. The fraction of sp³-hybridized carbons (Fsp3) is 0.200. The number of hydrogen-bond acceptors (Lipinski definition) is 4. The van der Waals surface area contributed by atoms with Gasteiger partial charge in [-0.1, -0.05) is 48.5 Å². The number of carbonyl (C=O) groups excluding carboxylic acids is 2. The van der Waals surface area contributed by atoms with Gasteiger partial charge in [-0.25, -0.2) is 14.3 Å². The van der Waals surface area contributed by atoms with Gasteiger partial charge < -0.3 is 5.32 Å². The van der Waals surface area contributed by atoms with Crippen LogP contribution in [0.2, 0.25) is 0 Å². The van der Waals surface area contributed by atoms with Gasteiger partial charge in [0.15, 0.2) is 5.82 Å². The van der Waals surface area contributed by atoms with Crippen LogP contribution in [0.15, 0.2) is 65.5 Å². The van der Waals surface area contributed by atoms with Gasteiger partial charge in [0.2, 0.25) is 5.91 Å². The lowest BCUT2D eigenvalue weighted by Crippen LogP contribution is -2.38. The second-order valence-corrected chi connectivity index (χ2v) is 6.47. The molecule has 8 heteroatoms. The van der Waals surface area contributed by atoms with Gasteiger partial charge in [0.1, 0.15) is 6.54 Å². The van der Waals surface area contributed by atoms with E-state index in [2.05, 4.69) is 10.3 Å². The second-order valence-electron chi connectivity index (χ2n) is 6.47. The second kappa shape index (κ2) is 7.51. The average Bonchev–Trinajstić information content (AvgIpc) is 3.19. The molecule has 2 heterocycles. The first kappa shape index (κ1) is 17.7. The summed E-state index contributed by atoms with van der Waals surface area (Å²) in [6.45, 7) is 0.387. The van der Waals surface area contributed by atoms with E-state index in [1.165, 1.54) is 9.58 Å². The zero-order valence-electron chi connectivity index (χ0n) is 15.1. The summed E-state index contributed by atoms with van der Waals surface area (Å²) in [5.41, 5.74) is 1.22. The van der Waals surface area contributed by atoms with E-state index in [1.807, 2.05) is 60.7 Å². The van der Waals surface area contributed by atoms with Gasteiger partial charge in [-0.2, -0.15) is 9.67 Å². The summed E-state index contributed by atoms with van der Waals surface area (Å²) < 4.78 is 2.27. The first-order chi connectivity index (χ1) is 13.6. The maximum Gasteiger partial charge on any atom is 0.365 e. The van der Waals surface area contributed by atoms with Crippen molar-refractivity contribution >= 4 is 17.6 Å². The molecule has 1 aliphatic rings. The highest BCUT2D eigenvalue weighted by molar-refractivity contribution is 5.95. The Balaban J connectivity index is 1.44. The number of aromatic nitrogens is 3.